The molecule has 4 rings (SSSR count). The van der Waals surface area contributed by atoms with Crippen molar-refractivity contribution in [2.24, 2.45) is 11.8 Å². The first-order valence-electron chi connectivity index (χ1n) is 9.62. The van der Waals surface area contributed by atoms with Crippen LogP contribution in [0.1, 0.15) is 42.7 Å². The van der Waals surface area contributed by atoms with Crippen molar-refractivity contribution in [2.45, 2.75) is 33.1 Å². The fourth-order valence-corrected chi connectivity index (χ4v) is 4.10. The Balaban J connectivity index is 1.79. The standard InChI is InChI=1S/C23H25N3O/c1-15(2)12-16-13-19-21(20(27)14-16)23(25-18-6-4-3-5-7-18)22(26-19)17-8-10-24-11-9-17/h3-11,15-16,25-26H,12-14H2,1-2H3. The molecule has 27 heavy (non-hydrogen) atoms. The molecule has 4 heteroatoms. The molecule has 0 radical (unpaired) electrons. The molecule has 0 bridgehead atoms. The third-order valence-electron chi connectivity index (χ3n) is 5.14. The zero-order valence-corrected chi connectivity index (χ0v) is 15.8. The first-order valence-corrected chi connectivity index (χ1v) is 9.62. The summed E-state index contributed by atoms with van der Waals surface area (Å²) in [5.41, 5.74) is 5.74. The average molecular weight is 359 g/mol. The van der Waals surface area contributed by atoms with Gasteiger partial charge in [0.15, 0.2) is 5.78 Å². The molecule has 0 spiro atoms. The van der Waals surface area contributed by atoms with E-state index in [9.17, 15) is 4.79 Å². The van der Waals surface area contributed by atoms with Crippen LogP contribution in [-0.2, 0) is 6.42 Å². The Morgan fingerprint density at radius 3 is 2.56 bits per heavy atom. The maximum absolute atomic E-state index is 13.1. The van der Waals surface area contributed by atoms with Gasteiger partial charge in [-0.2, -0.15) is 0 Å². The molecule has 2 heterocycles. The Hall–Kier alpha value is -2.88. The number of benzene rings is 1. The maximum atomic E-state index is 13.1. The van der Waals surface area contributed by atoms with Gasteiger partial charge in [-0.3, -0.25) is 9.78 Å². The summed E-state index contributed by atoms with van der Waals surface area (Å²) >= 11 is 0. The van der Waals surface area contributed by atoms with Crippen molar-refractivity contribution in [1.82, 2.24) is 9.97 Å². The van der Waals surface area contributed by atoms with E-state index < -0.39 is 0 Å². The first-order chi connectivity index (χ1) is 13.1. The zero-order chi connectivity index (χ0) is 18.8. The number of para-hydroxylation sites is 1. The van der Waals surface area contributed by atoms with Crippen LogP contribution in [0.2, 0.25) is 0 Å². The Labute approximate surface area is 160 Å². The molecule has 2 aromatic heterocycles. The third kappa shape index (κ3) is 3.65. The average Bonchev–Trinajstić information content (AvgIpc) is 3.01. The summed E-state index contributed by atoms with van der Waals surface area (Å²) in [6.07, 6.45) is 6.20. The van der Waals surface area contributed by atoms with E-state index in [2.05, 4.69) is 29.1 Å². The minimum atomic E-state index is 0.233. The van der Waals surface area contributed by atoms with Crippen LogP contribution in [0, 0.1) is 11.8 Å². The topological polar surface area (TPSA) is 57.8 Å². The number of ketones is 1. The summed E-state index contributed by atoms with van der Waals surface area (Å²) in [7, 11) is 0. The number of carbonyl (C=O) groups is 1. The number of aromatic amines is 1. The second kappa shape index (κ2) is 7.39. The first kappa shape index (κ1) is 17.5. The van der Waals surface area contributed by atoms with Crippen molar-refractivity contribution in [2.75, 3.05) is 5.32 Å². The molecule has 0 saturated heterocycles. The lowest BCUT2D eigenvalue weighted by molar-refractivity contribution is 0.0943. The van der Waals surface area contributed by atoms with Gasteiger partial charge in [-0.1, -0.05) is 32.0 Å². The number of hydrogen-bond donors (Lipinski definition) is 2. The lowest BCUT2D eigenvalue weighted by Crippen LogP contribution is -2.21. The third-order valence-corrected chi connectivity index (χ3v) is 5.14. The van der Waals surface area contributed by atoms with Gasteiger partial charge in [0.2, 0.25) is 0 Å². The normalized spacial score (nSPS) is 16.4. The van der Waals surface area contributed by atoms with Crippen LogP contribution in [0.5, 0.6) is 0 Å². The predicted molar refractivity (Wildman–Crippen MR) is 109 cm³/mol. The fraction of sp³-hybridized carbons (Fsp3) is 0.304. The number of aromatic nitrogens is 2. The lowest BCUT2D eigenvalue weighted by atomic mass is 9.81. The molecule has 0 fully saturated rings. The van der Waals surface area contributed by atoms with E-state index in [0.717, 1.165) is 46.7 Å². The van der Waals surface area contributed by atoms with Gasteiger partial charge < -0.3 is 10.3 Å². The molecule has 3 aromatic rings. The number of Topliss-reactive ketones (excluding diaryl/α,β-unsaturated/α-hetero) is 1. The van der Waals surface area contributed by atoms with Crippen molar-refractivity contribution < 1.29 is 4.79 Å². The molecule has 2 N–H and O–H groups in total. The van der Waals surface area contributed by atoms with Crippen LogP contribution in [0.25, 0.3) is 11.3 Å². The summed E-state index contributed by atoms with van der Waals surface area (Å²) in [6.45, 7) is 4.44. The van der Waals surface area contributed by atoms with Gasteiger partial charge in [0.05, 0.1) is 16.9 Å². The lowest BCUT2D eigenvalue weighted by Gasteiger charge is -2.23. The second-order valence-electron chi connectivity index (χ2n) is 7.78. The van der Waals surface area contributed by atoms with Gasteiger partial charge in [0, 0.05) is 35.8 Å². The number of nitrogens with one attached hydrogen (secondary N) is 2. The number of anilines is 2. The van der Waals surface area contributed by atoms with E-state index >= 15 is 0 Å². The number of pyridine rings is 1. The van der Waals surface area contributed by atoms with E-state index in [1.165, 1.54) is 0 Å². The number of rotatable bonds is 5. The molecule has 1 aliphatic carbocycles. The van der Waals surface area contributed by atoms with Crippen LogP contribution in [0.3, 0.4) is 0 Å². The molecule has 0 amide bonds. The highest BCUT2D eigenvalue weighted by Crippen LogP contribution is 2.40. The molecule has 1 aliphatic rings. The Kier molecular flexibility index (Phi) is 4.80. The van der Waals surface area contributed by atoms with Gasteiger partial charge in [0.1, 0.15) is 0 Å². The molecule has 0 saturated carbocycles. The summed E-state index contributed by atoms with van der Waals surface area (Å²) in [5, 5.41) is 3.49. The van der Waals surface area contributed by atoms with Crippen molar-refractivity contribution in [3.8, 4) is 11.3 Å². The molecule has 138 valence electrons. The van der Waals surface area contributed by atoms with E-state index in [1.54, 1.807) is 12.4 Å². The van der Waals surface area contributed by atoms with Gasteiger partial charge in [-0.25, -0.2) is 0 Å². The number of H-pyrrole nitrogens is 1. The smallest absolute Gasteiger partial charge is 0.167 e. The predicted octanol–water partition coefficient (Wildman–Crippen LogP) is 5.61. The Bertz CT molecular complexity index is 929. The SMILES string of the molecule is CC(C)CC1CC(=O)c2c([nH]c(-c3ccncc3)c2Nc2ccccc2)C1. The van der Waals surface area contributed by atoms with E-state index in [4.69, 9.17) is 0 Å². The highest BCUT2D eigenvalue weighted by Gasteiger charge is 2.31. The summed E-state index contributed by atoms with van der Waals surface area (Å²) in [4.78, 5) is 20.7. The van der Waals surface area contributed by atoms with Gasteiger partial charge in [-0.05, 0) is 48.9 Å². The van der Waals surface area contributed by atoms with Gasteiger partial charge in [-0.15, -0.1) is 0 Å². The quantitative estimate of drug-likeness (QED) is 0.622. The number of nitrogens with zero attached hydrogens (tertiary/aromatic N) is 1. The highest BCUT2D eigenvalue weighted by molar-refractivity contribution is 6.07. The summed E-state index contributed by atoms with van der Waals surface area (Å²) in [6, 6.07) is 14.0. The minimum Gasteiger partial charge on any atom is -0.356 e. The van der Waals surface area contributed by atoms with Gasteiger partial charge in [0.25, 0.3) is 0 Å². The fourth-order valence-electron chi connectivity index (χ4n) is 4.10. The van der Waals surface area contributed by atoms with Crippen LogP contribution in [0.15, 0.2) is 54.9 Å². The molecular formula is C23H25N3O. The molecule has 0 aliphatic heterocycles. The Morgan fingerprint density at radius 2 is 1.85 bits per heavy atom. The zero-order valence-electron chi connectivity index (χ0n) is 15.8. The van der Waals surface area contributed by atoms with Crippen molar-refractivity contribution in [1.29, 1.82) is 0 Å². The van der Waals surface area contributed by atoms with E-state index in [0.29, 0.717) is 18.3 Å². The molecule has 1 unspecified atom stereocenters. The second-order valence-corrected chi connectivity index (χ2v) is 7.78. The van der Waals surface area contributed by atoms with Gasteiger partial charge >= 0.3 is 0 Å². The van der Waals surface area contributed by atoms with Crippen LogP contribution in [-0.4, -0.2) is 15.8 Å². The number of fused-ring (bicyclic) bond motifs is 1. The minimum absolute atomic E-state index is 0.233. The number of carbonyl (C=O) groups excluding carboxylic acids is 1. The van der Waals surface area contributed by atoms with Crippen molar-refractivity contribution in [3.05, 3.63) is 66.1 Å². The highest BCUT2D eigenvalue weighted by atomic mass is 16.1. The molecule has 1 aromatic carbocycles. The summed E-state index contributed by atoms with van der Waals surface area (Å²) in [5.74, 6) is 1.25. The van der Waals surface area contributed by atoms with E-state index in [1.807, 2.05) is 42.5 Å². The summed E-state index contributed by atoms with van der Waals surface area (Å²) < 4.78 is 0. The largest absolute Gasteiger partial charge is 0.356 e. The maximum Gasteiger partial charge on any atom is 0.167 e. The molecule has 4 nitrogen and oxygen atoms in total. The van der Waals surface area contributed by atoms with Crippen LogP contribution in [0.4, 0.5) is 11.4 Å². The van der Waals surface area contributed by atoms with Crippen molar-refractivity contribution >= 4 is 17.2 Å². The van der Waals surface area contributed by atoms with E-state index in [-0.39, 0.29) is 5.78 Å². The molecule has 1 atom stereocenters. The monoisotopic (exact) mass is 359 g/mol. The number of hydrogen-bond acceptors (Lipinski definition) is 3. The molecular weight excluding hydrogens is 334 g/mol. The van der Waals surface area contributed by atoms with Crippen molar-refractivity contribution in [3.63, 3.8) is 0 Å². The van der Waals surface area contributed by atoms with Crippen LogP contribution < -0.4 is 5.32 Å². The Morgan fingerprint density at radius 1 is 1.11 bits per heavy atom. The van der Waals surface area contributed by atoms with Crippen LogP contribution >= 0.6 is 0 Å².